The van der Waals surface area contributed by atoms with Crippen molar-refractivity contribution < 1.29 is 9.53 Å². The van der Waals surface area contributed by atoms with Crippen molar-refractivity contribution >= 4 is 17.6 Å². The molecular formula is C13H19ClN2O2. The molecule has 0 aliphatic carbocycles. The molecule has 5 heteroatoms. The van der Waals surface area contributed by atoms with Gasteiger partial charge in [0.05, 0.1) is 7.11 Å². The first-order chi connectivity index (χ1) is 8.56. The average Bonchev–Trinajstić information content (AvgIpc) is 2.35. The second kappa shape index (κ2) is 7.36. The zero-order valence-electron chi connectivity index (χ0n) is 10.9. The molecule has 0 fully saturated rings. The second-order valence-electron chi connectivity index (χ2n) is 4.24. The van der Waals surface area contributed by atoms with Crippen LogP contribution in [0.3, 0.4) is 0 Å². The minimum atomic E-state index is -0.524. The summed E-state index contributed by atoms with van der Waals surface area (Å²) < 4.78 is 4.81. The van der Waals surface area contributed by atoms with Crippen LogP contribution in [0.5, 0.6) is 0 Å². The number of halogens is 1. The molecule has 1 rings (SSSR count). The van der Waals surface area contributed by atoms with E-state index >= 15 is 0 Å². The summed E-state index contributed by atoms with van der Waals surface area (Å²) in [6.45, 7) is 1.51. The Hall–Kier alpha value is -1.10. The number of hydrogen-bond acceptors (Lipinski definition) is 4. The smallest absolute Gasteiger partial charge is 0.327 e. The summed E-state index contributed by atoms with van der Waals surface area (Å²) in [7, 11) is 5.33. The molecule has 0 amide bonds. The summed E-state index contributed by atoms with van der Waals surface area (Å²) in [5, 5.41) is 3.72. The highest BCUT2D eigenvalue weighted by Gasteiger charge is 2.22. The lowest BCUT2D eigenvalue weighted by Crippen LogP contribution is -2.34. The maximum absolute atomic E-state index is 11.8. The highest BCUT2D eigenvalue weighted by molar-refractivity contribution is 6.31. The van der Waals surface area contributed by atoms with Crippen molar-refractivity contribution in [2.24, 2.45) is 0 Å². The van der Waals surface area contributed by atoms with Gasteiger partial charge < -0.3 is 9.64 Å². The Kier molecular flexibility index (Phi) is 6.12. The van der Waals surface area contributed by atoms with Crippen LogP contribution in [0.2, 0.25) is 5.02 Å². The van der Waals surface area contributed by atoms with Gasteiger partial charge in [0, 0.05) is 18.1 Å². The van der Waals surface area contributed by atoms with Gasteiger partial charge in [0.15, 0.2) is 0 Å². The molecule has 100 valence electrons. The summed E-state index contributed by atoms with van der Waals surface area (Å²) in [5.74, 6) is -0.332. The molecule has 0 radical (unpaired) electrons. The number of carbonyl (C=O) groups is 1. The summed E-state index contributed by atoms with van der Waals surface area (Å²) in [6, 6.07) is 6.75. The highest BCUT2D eigenvalue weighted by atomic mass is 35.5. The van der Waals surface area contributed by atoms with Gasteiger partial charge in [0.2, 0.25) is 0 Å². The Bertz CT molecular complexity index is 396. The number of likely N-dealkylation sites (N-methyl/N-ethyl adjacent to an activating group) is 1. The van der Waals surface area contributed by atoms with Gasteiger partial charge in [0.25, 0.3) is 0 Å². The van der Waals surface area contributed by atoms with Crippen molar-refractivity contribution in [3.63, 3.8) is 0 Å². The van der Waals surface area contributed by atoms with Crippen molar-refractivity contribution in [2.75, 3.05) is 34.3 Å². The maximum atomic E-state index is 11.8. The Balaban J connectivity index is 2.79. The van der Waals surface area contributed by atoms with Crippen LogP contribution in [-0.2, 0) is 9.53 Å². The number of methoxy groups -OCH3 is 1. The fourth-order valence-electron chi connectivity index (χ4n) is 1.58. The predicted molar refractivity (Wildman–Crippen MR) is 72.8 cm³/mol. The van der Waals surface area contributed by atoms with Crippen LogP contribution in [0.25, 0.3) is 0 Å². The Morgan fingerprint density at radius 3 is 2.67 bits per heavy atom. The molecule has 0 saturated heterocycles. The van der Waals surface area contributed by atoms with E-state index in [-0.39, 0.29) is 5.97 Å². The lowest BCUT2D eigenvalue weighted by molar-refractivity contribution is -0.143. The quantitative estimate of drug-likeness (QED) is 0.799. The van der Waals surface area contributed by atoms with Gasteiger partial charge in [-0.15, -0.1) is 0 Å². The van der Waals surface area contributed by atoms with E-state index in [1.807, 2.05) is 37.2 Å². The lowest BCUT2D eigenvalue weighted by atomic mass is 10.1. The number of carbonyl (C=O) groups excluding carboxylic acids is 1. The van der Waals surface area contributed by atoms with Gasteiger partial charge in [0.1, 0.15) is 6.04 Å². The van der Waals surface area contributed by atoms with Crippen LogP contribution in [0.15, 0.2) is 24.3 Å². The fourth-order valence-corrected chi connectivity index (χ4v) is 1.82. The van der Waals surface area contributed by atoms with E-state index in [9.17, 15) is 4.79 Å². The molecule has 1 aromatic rings. The summed E-state index contributed by atoms with van der Waals surface area (Å²) in [6.07, 6.45) is 0. The largest absolute Gasteiger partial charge is 0.468 e. The molecule has 0 aliphatic rings. The summed E-state index contributed by atoms with van der Waals surface area (Å²) in [4.78, 5) is 13.8. The van der Waals surface area contributed by atoms with Crippen LogP contribution in [0.1, 0.15) is 11.6 Å². The van der Waals surface area contributed by atoms with Gasteiger partial charge in [-0.25, -0.2) is 4.79 Å². The van der Waals surface area contributed by atoms with Crippen LogP contribution < -0.4 is 5.32 Å². The van der Waals surface area contributed by atoms with Crippen LogP contribution >= 0.6 is 11.6 Å². The zero-order chi connectivity index (χ0) is 13.5. The van der Waals surface area contributed by atoms with E-state index in [4.69, 9.17) is 16.3 Å². The summed E-state index contributed by atoms with van der Waals surface area (Å²) in [5.41, 5.74) is 0.741. The monoisotopic (exact) mass is 270 g/mol. The Morgan fingerprint density at radius 2 is 2.11 bits per heavy atom. The van der Waals surface area contributed by atoms with Crippen molar-refractivity contribution in [1.29, 1.82) is 0 Å². The third-order valence-corrected chi connectivity index (χ3v) is 2.90. The number of esters is 1. The van der Waals surface area contributed by atoms with Crippen LogP contribution in [0.4, 0.5) is 0 Å². The van der Waals surface area contributed by atoms with Gasteiger partial charge >= 0.3 is 5.97 Å². The normalized spacial score (nSPS) is 12.5. The number of benzene rings is 1. The van der Waals surface area contributed by atoms with Gasteiger partial charge in [-0.1, -0.05) is 29.8 Å². The first-order valence-electron chi connectivity index (χ1n) is 5.76. The molecule has 0 spiro atoms. The topological polar surface area (TPSA) is 41.6 Å². The molecule has 1 aromatic carbocycles. The molecule has 0 aromatic heterocycles. The first-order valence-corrected chi connectivity index (χ1v) is 6.14. The molecule has 18 heavy (non-hydrogen) atoms. The van der Waals surface area contributed by atoms with E-state index < -0.39 is 6.04 Å². The SMILES string of the molecule is COC(=O)C(NCCN(C)C)c1ccccc1Cl. The lowest BCUT2D eigenvalue weighted by Gasteiger charge is -2.19. The number of rotatable bonds is 6. The van der Waals surface area contributed by atoms with Crippen molar-refractivity contribution in [1.82, 2.24) is 10.2 Å². The van der Waals surface area contributed by atoms with Crippen molar-refractivity contribution in [3.05, 3.63) is 34.9 Å². The van der Waals surface area contributed by atoms with E-state index in [1.165, 1.54) is 7.11 Å². The van der Waals surface area contributed by atoms with E-state index in [2.05, 4.69) is 5.32 Å². The number of ether oxygens (including phenoxy) is 1. The highest BCUT2D eigenvalue weighted by Crippen LogP contribution is 2.23. The van der Waals surface area contributed by atoms with Crippen molar-refractivity contribution in [2.45, 2.75) is 6.04 Å². The van der Waals surface area contributed by atoms with E-state index in [1.54, 1.807) is 6.07 Å². The van der Waals surface area contributed by atoms with E-state index in [0.29, 0.717) is 11.6 Å². The summed E-state index contributed by atoms with van der Waals surface area (Å²) >= 11 is 6.10. The molecule has 1 unspecified atom stereocenters. The van der Waals surface area contributed by atoms with Gasteiger partial charge in [-0.05, 0) is 25.7 Å². The minimum Gasteiger partial charge on any atom is -0.468 e. The van der Waals surface area contributed by atoms with Crippen LogP contribution in [-0.4, -0.2) is 45.2 Å². The molecule has 1 N–H and O–H groups in total. The molecule has 0 aliphatic heterocycles. The Morgan fingerprint density at radius 1 is 1.44 bits per heavy atom. The third kappa shape index (κ3) is 4.29. The molecule has 0 bridgehead atoms. The molecular weight excluding hydrogens is 252 g/mol. The maximum Gasteiger partial charge on any atom is 0.327 e. The minimum absolute atomic E-state index is 0.332. The Labute approximate surface area is 113 Å². The molecule has 1 atom stereocenters. The third-order valence-electron chi connectivity index (χ3n) is 2.56. The number of nitrogens with zero attached hydrogens (tertiary/aromatic N) is 1. The molecule has 4 nitrogen and oxygen atoms in total. The van der Waals surface area contributed by atoms with Crippen LogP contribution in [0, 0.1) is 0 Å². The number of nitrogens with one attached hydrogen (secondary N) is 1. The average molecular weight is 271 g/mol. The number of hydrogen-bond donors (Lipinski definition) is 1. The predicted octanol–water partition coefficient (Wildman–Crippen LogP) is 1.71. The molecule has 0 saturated carbocycles. The fraction of sp³-hybridized carbons (Fsp3) is 0.462. The second-order valence-corrected chi connectivity index (χ2v) is 4.64. The first kappa shape index (κ1) is 15.0. The van der Waals surface area contributed by atoms with E-state index in [0.717, 1.165) is 12.1 Å². The standard InChI is InChI=1S/C13H19ClN2O2/c1-16(2)9-8-15-12(13(17)18-3)10-6-4-5-7-11(10)14/h4-7,12,15H,8-9H2,1-3H3. The van der Waals surface area contributed by atoms with Gasteiger partial charge in [-0.3, -0.25) is 5.32 Å². The zero-order valence-corrected chi connectivity index (χ0v) is 11.7. The molecule has 0 heterocycles. The van der Waals surface area contributed by atoms with Gasteiger partial charge in [-0.2, -0.15) is 0 Å². The van der Waals surface area contributed by atoms with Crippen molar-refractivity contribution in [3.8, 4) is 0 Å².